The van der Waals surface area contributed by atoms with Crippen LogP contribution < -0.4 is 10.4 Å². The monoisotopic (exact) mass is 376 g/mol. The summed E-state index contributed by atoms with van der Waals surface area (Å²) in [5, 5.41) is 8.51. The molecule has 0 heterocycles. The van der Waals surface area contributed by atoms with E-state index in [4.69, 9.17) is 0 Å². The molecule has 0 N–H and O–H groups in total. The van der Waals surface area contributed by atoms with Crippen LogP contribution in [0.1, 0.15) is 0 Å². The molecule has 0 radical (unpaired) electrons. The van der Waals surface area contributed by atoms with Gasteiger partial charge in [-0.15, -0.1) is 69.7 Å². The van der Waals surface area contributed by atoms with Crippen LogP contribution in [0.5, 0.6) is 0 Å². The van der Waals surface area contributed by atoms with Crippen LogP contribution in [0, 0.1) is 0 Å². The van der Waals surface area contributed by atoms with Gasteiger partial charge in [0.1, 0.15) is 0 Å². The molecular weight excluding hydrogens is 360 g/mol. The van der Waals surface area contributed by atoms with E-state index in [2.05, 4.69) is 85.9 Å². The third-order valence-electron chi connectivity index (χ3n) is 4.68. The van der Waals surface area contributed by atoms with Gasteiger partial charge in [-0.25, -0.2) is 0 Å². The Morgan fingerprint density at radius 1 is 0.682 bits per heavy atom. The maximum absolute atomic E-state index is 2.45. The standard InChI is InChI=1S/C20H18Si.Zr/c1-21(2,19-11-15-7-3-4-8-16(15)12-19)20-13-17-9-5-6-10-18(17)14-20;/h3-14H,1-2H3;/q-2;+2. The Morgan fingerprint density at radius 2 is 1.09 bits per heavy atom. The molecule has 0 fully saturated rings. The van der Waals surface area contributed by atoms with Crippen LogP contribution in [0.2, 0.25) is 13.1 Å². The van der Waals surface area contributed by atoms with Gasteiger partial charge in [0.2, 0.25) is 0 Å². The van der Waals surface area contributed by atoms with Crippen molar-refractivity contribution in [2.75, 3.05) is 0 Å². The molecule has 0 atom stereocenters. The normalized spacial score (nSPS) is 11.7. The van der Waals surface area contributed by atoms with E-state index in [0.717, 1.165) is 0 Å². The summed E-state index contributed by atoms with van der Waals surface area (Å²) in [7, 11) is -1.62. The van der Waals surface area contributed by atoms with Gasteiger partial charge in [0.25, 0.3) is 0 Å². The first kappa shape index (κ1) is 15.6. The summed E-state index contributed by atoms with van der Waals surface area (Å²) in [4.78, 5) is 0. The Morgan fingerprint density at radius 3 is 1.50 bits per heavy atom. The average molecular weight is 378 g/mol. The van der Waals surface area contributed by atoms with Gasteiger partial charge in [0.05, 0.1) is 8.07 Å². The van der Waals surface area contributed by atoms with E-state index in [1.165, 1.54) is 31.9 Å². The third kappa shape index (κ3) is 2.49. The molecule has 0 nitrogen and oxygen atoms in total. The van der Waals surface area contributed by atoms with E-state index < -0.39 is 8.07 Å². The van der Waals surface area contributed by atoms with Crippen molar-refractivity contribution in [2.24, 2.45) is 0 Å². The molecule has 4 aromatic carbocycles. The van der Waals surface area contributed by atoms with Crippen LogP contribution in [0.25, 0.3) is 21.5 Å². The summed E-state index contributed by atoms with van der Waals surface area (Å²) < 4.78 is 0. The maximum atomic E-state index is 2.45. The van der Waals surface area contributed by atoms with Crippen LogP contribution >= 0.6 is 0 Å². The Hall–Kier alpha value is -1.24. The van der Waals surface area contributed by atoms with Crippen molar-refractivity contribution in [2.45, 2.75) is 13.1 Å². The molecule has 0 saturated carbocycles. The summed E-state index contributed by atoms with van der Waals surface area (Å²) in [5.41, 5.74) is 0. The third-order valence-corrected chi connectivity index (χ3v) is 8.14. The SMILES string of the molecule is C[Si](C)(c1cc2ccccc2[cH-]1)c1cc2ccccc2[cH-]1.[Zr+2]. The van der Waals surface area contributed by atoms with Crippen molar-refractivity contribution in [1.82, 2.24) is 0 Å². The van der Waals surface area contributed by atoms with E-state index in [1.807, 2.05) is 0 Å². The Labute approximate surface area is 151 Å². The number of benzene rings is 2. The van der Waals surface area contributed by atoms with Gasteiger partial charge in [-0.05, 0) is 0 Å². The van der Waals surface area contributed by atoms with E-state index in [1.54, 1.807) is 0 Å². The molecule has 0 amide bonds. The fourth-order valence-corrected chi connectivity index (χ4v) is 5.59. The van der Waals surface area contributed by atoms with Crippen LogP contribution in [0.3, 0.4) is 0 Å². The van der Waals surface area contributed by atoms with Crippen LogP contribution in [-0.2, 0) is 26.2 Å². The average Bonchev–Trinajstić information content (AvgIpc) is 3.11. The topological polar surface area (TPSA) is 0 Å². The number of fused-ring (bicyclic) bond motifs is 2. The summed E-state index contributed by atoms with van der Waals surface area (Å²) in [6.45, 7) is 4.91. The quantitative estimate of drug-likeness (QED) is 0.362. The molecular formula is C20H18SiZr. The number of hydrogen-bond donors (Lipinski definition) is 0. The minimum absolute atomic E-state index is 0. The van der Waals surface area contributed by atoms with Gasteiger partial charge in [-0.2, -0.15) is 22.9 Å². The van der Waals surface area contributed by atoms with Crippen molar-refractivity contribution in [3.8, 4) is 0 Å². The van der Waals surface area contributed by atoms with Crippen molar-refractivity contribution >= 4 is 40.0 Å². The van der Waals surface area contributed by atoms with Crippen LogP contribution in [0.15, 0.2) is 72.8 Å². The second-order valence-electron chi connectivity index (χ2n) is 6.37. The molecule has 0 aliphatic rings. The van der Waals surface area contributed by atoms with Crippen LogP contribution in [-0.4, -0.2) is 8.07 Å². The van der Waals surface area contributed by atoms with Gasteiger partial charge < -0.3 is 0 Å². The molecule has 0 saturated heterocycles. The fraction of sp³-hybridized carbons (Fsp3) is 0.100. The van der Waals surface area contributed by atoms with E-state index in [9.17, 15) is 0 Å². The Balaban J connectivity index is 0.00000144. The second kappa shape index (κ2) is 5.76. The molecule has 22 heavy (non-hydrogen) atoms. The van der Waals surface area contributed by atoms with Crippen molar-refractivity contribution in [3.63, 3.8) is 0 Å². The number of hydrogen-bond acceptors (Lipinski definition) is 0. The zero-order valence-corrected chi connectivity index (χ0v) is 16.4. The molecule has 0 aliphatic heterocycles. The van der Waals surface area contributed by atoms with Crippen LogP contribution in [0.4, 0.5) is 0 Å². The smallest absolute Gasteiger partial charge is 0.168 e. The first-order chi connectivity index (χ1) is 10.1. The minimum Gasteiger partial charge on any atom is -0.168 e. The van der Waals surface area contributed by atoms with Crippen molar-refractivity contribution in [1.29, 1.82) is 0 Å². The minimum atomic E-state index is -1.62. The first-order valence-electron chi connectivity index (χ1n) is 7.46. The molecule has 4 rings (SSSR count). The van der Waals surface area contributed by atoms with E-state index in [-0.39, 0.29) is 26.2 Å². The van der Waals surface area contributed by atoms with Gasteiger partial charge >= 0.3 is 26.2 Å². The van der Waals surface area contributed by atoms with Gasteiger partial charge in [0, 0.05) is 0 Å². The summed E-state index contributed by atoms with van der Waals surface area (Å²) in [6.07, 6.45) is 0. The largest absolute Gasteiger partial charge is 2.00 e. The molecule has 0 bridgehead atoms. The zero-order chi connectivity index (χ0) is 14.4. The molecule has 106 valence electrons. The predicted molar refractivity (Wildman–Crippen MR) is 95.8 cm³/mol. The Bertz CT molecular complexity index is 785. The van der Waals surface area contributed by atoms with Crippen molar-refractivity contribution in [3.05, 3.63) is 72.8 Å². The molecule has 0 unspecified atom stereocenters. The second-order valence-corrected chi connectivity index (χ2v) is 10.8. The van der Waals surface area contributed by atoms with E-state index >= 15 is 0 Å². The predicted octanol–water partition coefficient (Wildman–Crippen LogP) is 4.25. The fourth-order valence-electron chi connectivity index (χ4n) is 3.19. The molecule has 0 spiro atoms. The van der Waals surface area contributed by atoms with Gasteiger partial charge in [-0.1, -0.05) is 25.2 Å². The molecule has 4 aromatic rings. The zero-order valence-electron chi connectivity index (χ0n) is 12.9. The number of rotatable bonds is 2. The summed E-state index contributed by atoms with van der Waals surface area (Å²) >= 11 is 0. The summed E-state index contributed by atoms with van der Waals surface area (Å²) in [5.74, 6) is 0. The first-order valence-corrected chi connectivity index (χ1v) is 10.5. The van der Waals surface area contributed by atoms with Gasteiger partial charge in [0.15, 0.2) is 0 Å². The van der Waals surface area contributed by atoms with Gasteiger partial charge in [-0.3, -0.25) is 0 Å². The Kier molecular flexibility index (Phi) is 4.09. The summed E-state index contributed by atoms with van der Waals surface area (Å²) in [6, 6.07) is 26.9. The van der Waals surface area contributed by atoms with E-state index in [0.29, 0.717) is 0 Å². The van der Waals surface area contributed by atoms with Crippen molar-refractivity contribution < 1.29 is 26.2 Å². The molecule has 0 aromatic heterocycles. The molecule has 2 heteroatoms. The molecule has 0 aliphatic carbocycles. The maximum Gasteiger partial charge on any atom is 2.00 e.